The van der Waals surface area contributed by atoms with Crippen molar-refractivity contribution in [2.75, 3.05) is 5.73 Å². The molecule has 0 atom stereocenters. The van der Waals surface area contributed by atoms with Gasteiger partial charge in [-0.1, -0.05) is 23.7 Å². The van der Waals surface area contributed by atoms with E-state index in [1.807, 2.05) is 12.1 Å². The molecule has 0 aliphatic heterocycles. The molecule has 104 valence electrons. The highest BCUT2D eigenvalue weighted by Gasteiger charge is 2.12. The van der Waals surface area contributed by atoms with Gasteiger partial charge >= 0.3 is 0 Å². The third-order valence-electron chi connectivity index (χ3n) is 3.24. The zero-order chi connectivity index (χ0) is 15.0. The number of anilines is 1. The fourth-order valence-electron chi connectivity index (χ4n) is 2.17. The molecule has 6 heteroatoms. The Morgan fingerprint density at radius 3 is 2.67 bits per heavy atom. The van der Waals surface area contributed by atoms with E-state index < -0.39 is 5.82 Å². The van der Waals surface area contributed by atoms with Crippen LogP contribution in [0.15, 0.2) is 36.4 Å². The second-order valence-corrected chi connectivity index (χ2v) is 5.03. The van der Waals surface area contributed by atoms with Crippen molar-refractivity contribution in [2.45, 2.75) is 6.54 Å². The molecule has 21 heavy (non-hydrogen) atoms. The molecular weight excluding hydrogens is 291 g/mol. The maximum absolute atomic E-state index is 13.4. The van der Waals surface area contributed by atoms with Crippen LogP contribution >= 0.6 is 11.6 Å². The summed E-state index contributed by atoms with van der Waals surface area (Å²) in [6, 6.07) is 12.0. The Morgan fingerprint density at radius 2 is 2.00 bits per heavy atom. The minimum atomic E-state index is -0.521. The first-order valence-corrected chi connectivity index (χ1v) is 6.56. The number of nitriles is 1. The molecule has 1 heterocycles. The van der Waals surface area contributed by atoms with Gasteiger partial charge in [0.2, 0.25) is 5.95 Å². The summed E-state index contributed by atoms with van der Waals surface area (Å²) in [4.78, 5) is 4.13. The van der Waals surface area contributed by atoms with E-state index in [1.165, 1.54) is 12.1 Å². The van der Waals surface area contributed by atoms with Crippen LogP contribution in [0.4, 0.5) is 10.3 Å². The molecule has 2 aromatic carbocycles. The van der Waals surface area contributed by atoms with Gasteiger partial charge in [-0.05, 0) is 23.8 Å². The fraction of sp³-hybridized carbons (Fsp3) is 0.0667. The van der Waals surface area contributed by atoms with Crippen molar-refractivity contribution in [1.29, 1.82) is 5.26 Å². The lowest BCUT2D eigenvalue weighted by atomic mass is 10.1. The Hall–Kier alpha value is -2.58. The third-order valence-corrected chi connectivity index (χ3v) is 3.53. The molecule has 1 aromatic heterocycles. The minimum absolute atomic E-state index is 0.0310. The predicted octanol–water partition coefficient (Wildman–Crippen LogP) is 3.33. The highest BCUT2D eigenvalue weighted by molar-refractivity contribution is 6.31. The summed E-state index contributed by atoms with van der Waals surface area (Å²) in [6.45, 7) is 0.468. The molecule has 0 aliphatic carbocycles. The first-order valence-electron chi connectivity index (χ1n) is 6.18. The molecule has 0 radical (unpaired) electrons. The van der Waals surface area contributed by atoms with Crippen LogP contribution in [0.5, 0.6) is 0 Å². The topological polar surface area (TPSA) is 67.6 Å². The minimum Gasteiger partial charge on any atom is -0.369 e. The molecule has 0 saturated heterocycles. The normalized spacial score (nSPS) is 10.7. The first kappa shape index (κ1) is 13.4. The monoisotopic (exact) mass is 300 g/mol. The van der Waals surface area contributed by atoms with E-state index in [1.54, 1.807) is 16.7 Å². The van der Waals surface area contributed by atoms with Crippen LogP contribution in [0.25, 0.3) is 11.0 Å². The van der Waals surface area contributed by atoms with Crippen molar-refractivity contribution < 1.29 is 4.39 Å². The number of aromatic nitrogens is 2. The average Bonchev–Trinajstić information content (AvgIpc) is 2.76. The van der Waals surface area contributed by atoms with Gasteiger partial charge in [0.25, 0.3) is 0 Å². The van der Waals surface area contributed by atoms with Gasteiger partial charge in [-0.15, -0.1) is 0 Å². The number of nitrogens with zero attached hydrogens (tertiary/aromatic N) is 3. The van der Waals surface area contributed by atoms with Crippen LogP contribution in [0.3, 0.4) is 0 Å². The van der Waals surface area contributed by atoms with E-state index in [9.17, 15) is 4.39 Å². The predicted molar refractivity (Wildman–Crippen MR) is 79.4 cm³/mol. The number of imidazole rings is 1. The molecule has 0 spiro atoms. The van der Waals surface area contributed by atoms with E-state index in [4.69, 9.17) is 22.6 Å². The molecule has 4 nitrogen and oxygen atoms in total. The van der Waals surface area contributed by atoms with Crippen molar-refractivity contribution in [3.63, 3.8) is 0 Å². The average molecular weight is 301 g/mol. The highest BCUT2D eigenvalue weighted by Crippen LogP contribution is 2.25. The maximum atomic E-state index is 13.4. The van der Waals surface area contributed by atoms with Crippen molar-refractivity contribution in [1.82, 2.24) is 9.55 Å². The summed E-state index contributed by atoms with van der Waals surface area (Å²) in [5, 5.41) is 8.82. The van der Waals surface area contributed by atoms with Crippen LogP contribution in [-0.4, -0.2) is 9.55 Å². The summed E-state index contributed by atoms with van der Waals surface area (Å²) >= 11 is 5.82. The molecule has 0 aliphatic rings. The molecule has 0 bridgehead atoms. The molecule has 0 fully saturated rings. The number of fused-ring (bicyclic) bond motifs is 1. The lowest BCUT2D eigenvalue weighted by molar-refractivity contribution is 0.629. The molecular formula is C15H10ClFN4. The molecule has 0 amide bonds. The Labute approximate surface area is 125 Å². The van der Waals surface area contributed by atoms with Crippen molar-refractivity contribution in [3.05, 3.63) is 58.4 Å². The van der Waals surface area contributed by atoms with E-state index in [0.29, 0.717) is 23.1 Å². The van der Waals surface area contributed by atoms with Crippen LogP contribution in [0.1, 0.15) is 11.1 Å². The summed E-state index contributed by atoms with van der Waals surface area (Å²) in [6.07, 6.45) is 0. The van der Waals surface area contributed by atoms with Crippen LogP contribution in [-0.2, 0) is 6.54 Å². The van der Waals surface area contributed by atoms with E-state index in [-0.39, 0.29) is 11.0 Å². The zero-order valence-corrected chi connectivity index (χ0v) is 11.6. The Morgan fingerprint density at radius 1 is 1.29 bits per heavy atom. The van der Waals surface area contributed by atoms with E-state index >= 15 is 0 Å². The van der Waals surface area contributed by atoms with E-state index in [2.05, 4.69) is 11.1 Å². The summed E-state index contributed by atoms with van der Waals surface area (Å²) in [5.74, 6) is -0.233. The van der Waals surface area contributed by atoms with Gasteiger partial charge in [0.1, 0.15) is 5.82 Å². The van der Waals surface area contributed by atoms with Crippen LogP contribution in [0, 0.1) is 17.1 Å². The summed E-state index contributed by atoms with van der Waals surface area (Å²) in [7, 11) is 0. The molecule has 0 saturated carbocycles. The van der Waals surface area contributed by atoms with Gasteiger partial charge in [0.05, 0.1) is 34.2 Å². The van der Waals surface area contributed by atoms with Gasteiger partial charge < -0.3 is 10.3 Å². The smallest absolute Gasteiger partial charge is 0.201 e. The maximum Gasteiger partial charge on any atom is 0.201 e. The Kier molecular flexibility index (Phi) is 3.24. The third kappa shape index (κ3) is 2.41. The molecule has 3 aromatic rings. The number of rotatable bonds is 2. The lowest BCUT2D eigenvalue weighted by Gasteiger charge is -2.07. The SMILES string of the molecule is N#Cc1ccc(Cn2c(N)nc3cc(F)c(Cl)cc32)cc1. The number of nitrogens with two attached hydrogens (primary N) is 1. The van der Waals surface area contributed by atoms with Gasteiger partial charge in [-0.25, -0.2) is 9.37 Å². The highest BCUT2D eigenvalue weighted by atomic mass is 35.5. The number of benzene rings is 2. The Balaban J connectivity index is 2.05. The summed E-state index contributed by atoms with van der Waals surface area (Å²) in [5.41, 5.74) is 8.57. The van der Waals surface area contributed by atoms with Gasteiger partial charge in [0, 0.05) is 6.07 Å². The van der Waals surface area contributed by atoms with Gasteiger partial charge in [0.15, 0.2) is 0 Å². The van der Waals surface area contributed by atoms with Crippen LogP contribution in [0.2, 0.25) is 5.02 Å². The summed E-state index contributed by atoms with van der Waals surface area (Å²) < 4.78 is 15.2. The first-order chi connectivity index (χ1) is 10.1. The van der Waals surface area contributed by atoms with Crippen LogP contribution < -0.4 is 5.73 Å². The van der Waals surface area contributed by atoms with Crippen molar-refractivity contribution >= 4 is 28.6 Å². The molecule has 3 rings (SSSR count). The molecule has 0 unspecified atom stereocenters. The number of hydrogen-bond donors (Lipinski definition) is 1. The molecule has 2 N–H and O–H groups in total. The number of halogens is 2. The second-order valence-electron chi connectivity index (χ2n) is 4.62. The van der Waals surface area contributed by atoms with Gasteiger partial charge in [-0.3, -0.25) is 0 Å². The lowest BCUT2D eigenvalue weighted by Crippen LogP contribution is -2.04. The largest absolute Gasteiger partial charge is 0.369 e. The Bertz CT molecular complexity index is 862. The standard InChI is InChI=1S/C15H10ClFN4/c16-11-5-14-13(6-12(11)17)20-15(19)21(14)8-10-3-1-9(7-18)2-4-10/h1-6H,8H2,(H2,19,20). The fourth-order valence-corrected chi connectivity index (χ4v) is 2.33. The van der Waals surface area contributed by atoms with E-state index in [0.717, 1.165) is 5.56 Å². The van der Waals surface area contributed by atoms with Gasteiger partial charge in [-0.2, -0.15) is 5.26 Å². The number of hydrogen-bond acceptors (Lipinski definition) is 3. The second kappa shape index (κ2) is 5.08. The quantitative estimate of drug-likeness (QED) is 0.789. The number of nitrogen functional groups attached to an aromatic ring is 1. The zero-order valence-electron chi connectivity index (χ0n) is 10.8. The van der Waals surface area contributed by atoms with Crippen molar-refractivity contribution in [2.24, 2.45) is 0 Å². The van der Waals surface area contributed by atoms with Crippen molar-refractivity contribution in [3.8, 4) is 6.07 Å².